The van der Waals surface area contributed by atoms with Crippen molar-refractivity contribution in [2.24, 2.45) is 0 Å². The molecule has 2 aromatic carbocycles. The fourth-order valence-electron chi connectivity index (χ4n) is 3.62. The van der Waals surface area contributed by atoms with Gasteiger partial charge in [0.25, 0.3) is 0 Å². The number of halogens is 1. The van der Waals surface area contributed by atoms with Gasteiger partial charge in [-0.05, 0) is 54.9 Å². The maximum Gasteiger partial charge on any atom is 0.158 e. The van der Waals surface area contributed by atoms with E-state index in [0.29, 0.717) is 0 Å². The molecule has 0 bridgehead atoms. The second-order valence-electron chi connectivity index (χ2n) is 6.79. The Balaban J connectivity index is 1.79. The van der Waals surface area contributed by atoms with E-state index in [1.165, 1.54) is 5.56 Å². The van der Waals surface area contributed by atoms with Crippen LogP contribution in [0.5, 0.6) is 11.5 Å². The monoisotopic (exact) mass is 376 g/mol. The molecule has 1 saturated heterocycles. The molecule has 2 aliphatic heterocycles. The van der Waals surface area contributed by atoms with Crippen molar-refractivity contribution in [3.63, 3.8) is 0 Å². The van der Waals surface area contributed by atoms with Gasteiger partial charge >= 0.3 is 0 Å². The first-order valence-electron chi connectivity index (χ1n) is 8.46. The average Bonchev–Trinajstić information content (AvgIpc) is 2.73. The molecule has 25 heavy (non-hydrogen) atoms. The zero-order valence-electron chi connectivity index (χ0n) is 14.1. The lowest BCUT2D eigenvalue weighted by atomic mass is 9.96. The molecule has 1 unspecified atom stereocenters. The molecule has 2 N–H and O–H groups in total. The number of hydrogen-bond donors (Lipinski definition) is 2. The second kappa shape index (κ2) is 6.72. The topological polar surface area (TPSA) is 46.9 Å². The van der Waals surface area contributed by atoms with Crippen LogP contribution in [-0.2, 0) is 6.42 Å². The van der Waals surface area contributed by atoms with Crippen molar-refractivity contribution in [2.45, 2.75) is 22.3 Å². The third-order valence-electron chi connectivity index (χ3n) is 5.10. The van der Waals surface area contributed by atoms with Gasteiger partial charge in [-0.2, -0.15) is 0 Å². The molecule has 0 amide bonds. The lowest BCUT2D eigenvalue weighted by Gasteiger charge is -2.38. The summed E-state index contributed by atoms with van der Waals surface area (Å²) >= 11 is 7.94. The lowest BCUT2D eigenvalue weighted by molar-refractivity contribution is 0.110. The summed E-state index contributed by atoms with van der Waals surface area (Å²) in [6.07, 6.45) is 0.799. The van der Waals surface area contributed by atoms with Crippen LogP contribution in [0, 0.1) is 0 Å². The van der Waals surface area contributed by atoms with Crippen molar-refractivity contribution in [1.82, 2.24) is 9.80 Å². The molecular weight excluding hydrogens is 356 g/mol. The number of fused-ring (bicyclic) bond motifs is 2. The summed E-state index contributed by atoms with van der Waals surface area (Å²) in [6.45, 7) is 4.12. The van der Waals surface area contributed by atoms with Gasteiger partial charge in [0.2, 0.25) is 0 Å². The molecule has 0 aliphatic carbocycles. The van der Waals surface area contributed by atoms with Gasteiger partial charge < -0.3 is 15.1 Å². The molecule has 0 radical (unpaired) electrons. The molecular formula is C19H21ClN2O2S. The maximum absolute atomic E-state index is 9.96. The Morgan fingerprint density at radius 1 is 1.00 bits per heavy atom. The van der Waals surface area contributed by atoms with Crippen LogP contribution < -0.4 is 0 Å². The van der Waals surface area contributed by atoms with E-state index >= 15 is 0 Å². The first kappa shape index (κ1) is 17.0. The summed E-state index contributed by atoms with van der Waals surface area (Å²) in [5.41, 5.74) is 2.30. The van der Waals surface area contributed by atoms with E-state index in [9.17, 15) is 10.2 Å². The lowest BCUT2D eigenvalue weighted by Crippen LogP contribution is -2.46. The number of phenols is 2. The number of likely N-dealkylation sites (N-methyl/N-ethyl adjacent to an activating group) is 1. The summed E-state index contributed by atoms with van der Waals surface area (Å²) in [7, 11) is 2.15. The molecule has 0 saturated carbocycles. The standard InChI is InChI=1S/C19H21ClN2O2S/c1-21-4-6-22(7-5-21)15-8-12-9-16(23)17(24)11-19(12)25-18-3-2-13(20)10-14(15)18/h2-3,9-11,15,23-24H,4-8H2,1H3. The fourth-order valence-corrected chi connectivity index (χ4v) is 4.93. The van der Waals surface area contributed by atoms with Crippen LogP contribution >= 0.6 is 23.4 Å². The van der Waals surface area contributed by atoms with Crippen molar-refractivity contribution < 1.29 is 10.2 Å². The minimum absolute atomic E-state index is 0.0551. The number of benzene rings is 2. The number of piperazine rings is 1. The van der Waals surface area contributed by atoms with E-state index in [2.05, 4.69) is 29.0 Å². The highest BCUT2D eigenvalue weighted by Gasteiger charge is 2.30. The van der Waals surface area contributed by atoms with E-state index in [4.69, 9.17) is 11.6 Å². The molecule has 4 nitrogen and oxygen atoms in total. The van der Waals surface area contributed by atoms with Crippen LogP contribution in [-0.4, -0.2) is 53.2 Å². The van der Waals surface area contributed by atoms with Crippen molar-refractivity contribution in [3.05, 3.63) is 46.5 Å². The number of phenolic OH excluding ortho intramolecular Hbond substituents is 2. The number of aromatic hydroxyl groups is 2. The van der Waals surface area contributed by atoms with Crippen LogP contribution in [0.3, 0.4) is 0 Å². The molecule has 1 atom stereocenters. The van der Waals surface area contributed by atoms with Gasteiger partial charge in [-0.25, -0.2) is 0 Å². The Morgan fingerprint density at radius 3 is 2.48 bits per heavy atom. The van der Waals surface area contributed by atoms with Crippen molar-refractivity contribution in [3.8, 4) is 11.5 Å². The minimum Gasteiger partial charge on any atom is -0.504 e. The summed E-state index contributed by atoms with van der Waals surface area (Å²) in [5.74, 6) is -0.125. The quantitative estimate of drug-likeness (QED) is 0.742. The number of nitrogens with zero attached hydrogens (tertiary/aromatic N) is 2. The Morgan fingerprint density at radius 2 is 1.72 bits per heavy atom. The summed E-state index contributed by atoms with van der Waals surface area (Å²) in [4.78, 5) is 7.01. The van der Waals surface area contributed by atoms with Crippen LogP contribution in [0.4, 0.5) is 0 Å². The van der Waals surface area contributed by atoms with Crippen LogP contribution in [0.25, 0.3) is 0 Å². The first-order valence-corrected chi connectivity index (χ1v) is 9.65. The minimum atomic E-state index is -0.0696. The van der Waals surface area contributed by atoms with Crippen LogP contribution in [0.2, 0.25) is 5.02 Å². The average molecular weight is 377 g/mol. The van der Waals surface area contributed by atoms with Gasteiger partial charge in [0.1, 0.15) is 0 Å². The highest BCUT2D eigenvalue weighted by atomic mass is 35.5. The molecule has 0 aromatic heterocycles. The van der Waals surface area contributed by atoms with Gasteiger partial charge in [-0.3, -0.25) is 4.90 Å². The molecule has 2 heterocycles. The molecule has 2 aromatic rings. The Bertz CT molecular complexity index is 806. The van der Waals surface area contributed by atoms with Crippen molar-refractivity contribution in [2.75, 3.05) is 33.2 Å². The van der Waals surface area contributed by atoms with E-state index in [-0.39, 0.29) is 17.5 Å². The van der Waals surface area contributed by atoms with Crippen molar-refractivity contribution in [1.29, 1.82) is 0 Å². The summed E-state index contributed by atoms with van der Waals surface area (Å²) in [5, 5.41) is 20.6. The van der Waals surface area contributed by atoms with Crippen molar-refractivity contribution >= 4 is 23.4 Å². The third-order valence-corrected chi connectivity index (χ3v) is 6.53. The van der Waals surface area contributed by atoms with E-state index in [1.807, 2.05) is 6.07 Å². The summed E-state index contributed by atoms with van der Waals surface area (Å²) in [6, 6.07) is 9.64. The number of hydrogen-bond acceptors (Lipinski definition) is 5. The Hall–Kier alpha value is -1.40. The summed E-state index contributed by atoms with van der Waals surface area (Å²) < 4.78 is 0. The Labute approximate surface area is 157 Å². The van der Waals surface area contributed by atoms with E-state index in [1.54, 1.807) is 23.9 Å². The van der Waals surface area contributed by atoms with Crippen LogP contribution in [0.1, 0.15) is 17.2 Å². The largest absolute Gasteiger partial charge is 0.504 e. The second-order valence-corrected chi connectivity index (χ2v) is 8.31. The smallest absolute Gasteiger partial charge is 0.158 e. The van der Waals surface area contributed by atoms with Gasteiger partial charge in [0.15, 0.2) is 11.5 Å². The molecule has 4 rings (SSSR count). The SMILES string of the molecule is CN1CCN(C2Cc3cc(O)c(O)cc3Sc3ccc(Cl)cc32)CC1. The van der Waals surface area contributed by atoms with E-state index in [0.717, 1.165) is 53.0 Å². The third kappa shape index (κ3) is 3.34. The first-order chi connectivity index (χ1) is 12.0. The predicted molar refractivity (Wildman–Crippen MR) is 101 cm³/mol. The zero-order valence-corrected chi connectivity index (χ0v) is 15.6. The predicted octanol–water partition coefficient (Wildman–Crippen LogP) is 3.75. The normalized spacial score (nSPS) is 21.4. The highest BCUT2D eigenvalue weighted by Crippen LogP contribution is 2.46. The highest BCUT2D eigenvalue weighted by molar-refractivity contribution is 7.99. The van der Waals surface area contributed by atoms with E-state index < -0.39 is 0 Å². The molecule has 2 aliphatic rings. The molecule has 0 spiro atoms. The van der Waals surface area contributed by atoms with Gasteiger partial charge in [-0.1, -0.05) is 23.4 Å². The maximum atomic E-state index is 9.96. The van der Waals surface area contributed by atoms with Crippen LogP contribution in [0.15, 0.2) is 40.1 Å². The molecule has 6 heteroatoms. The molecule has 132 valence electrons. The van der Waals surface area contributed by atoms with Gasteiger partial charge in [0.05, 0.1) is 0 Å². The molecule has 1 fully saturated rings. The number of rotatable bonds is 1. The fraction of sp³-hybridized carbons (Fsp3) is 0.368. The van der Waals surface area contributed by atoms with Gasteiger partial charge in [0, 0.05) is 47.0 Å². The zero-order chi connectivity index (χ0) is 17.6. The van der Waals surface area contributed by atoms with Gasteiger partial charge in [-0.15, -0.1) is 0 Å². The Kier molecular flexibility index (Phi) is 4.58.